The summed E-state index contributed by atoms with van der Waals surface area (Å²) in [7, 11) is 0. The number of nitrogens with zero attached hydrogens (tertiary/aromatic N) is 1. The van der Waals surface area contributed by atoms with Crippen LogP contribution >= 0.6 is 0 Å². The van der Waals surface area contributed by atoms with E-state index >= 15 is 0 Å². The third kappa shape index (κ3) is 4.22. The van der Waals surface area contributed by atoms with Crippen LogP contribution in [0.25, 0.3) is 0 Å². The molecule has 1 aliphatic heterocycles. The summed E-state index contributed by atoms with van der Waals surface area (Å²) in [5, 5.41) is 13.0. The highest BCUT2D eigenvalue weighted by Gasteiger charge is 2.26. The van der Waals surface area contributed by atoms with E-state index in [1.807, 2.05) is 12.1 Å². The molecule has 3 nitrogen and oxygen atoms in total. The zero-order valence-electron chi connectivity index (χ0n) is 12.8. The summed E-state index contributed by atoms with van der Waals surface area (Å²) in [6.07, 6.45) is 5.12. The third-order valence-electron chi connectivity index (χ3n) is 4.28. The van der Waals surface area contributed by atoms with Crippen molar-refractivity contribution in [1.82, 2.24) is 10.2 Å². The predicted octanol–water partition coefficient (Wildman–Crippen LogP) is 3.13. The third-order valence-corrected chi connectivity index (χ3v) is 4.28. The van der Waals surface area contributed by atoms with Crippen LogP contribution in [0.15, 0.2) is 24.3 Å². The second-order valence-electron chi connectivity index (χ2n) is 5.94. The Balaban J connectivity index is 1.97. The average Bonchev–Trinajstić information content (AvgIpc) is 2.48. The number of likely N-dealkylation sites (tertiary alicyclic amines) is 1. The molecule has 1 fully saturated rings. The topological polar surface area (TPSA) is 35.5 Å². The van der Waals surface area contributed by atoms with Gasteiger partial charge in [-0.1, -0.05) is 25.5 Å². The van der Waals surface area contributed by atoms with Crippen molar-refractivity contribution in [3.8, 4) is 5.75 Å². The Morgan fingerprint density at radius 1 is 1.30 bits per heavy atom. The molecule has 0 saturated carbocycles. The molecule has 3 heteroatoms. The molecule has 0 aromatic heterocycles. The lowest BCUT2D eigenvalue weighted by atomic mass is 9.95. The standard InChI is InChI=1S/C17H28N2O/c1-3-11-18-14(2)17-6-4-5-12-19(17)13-15-7-9-16(20)10-8-15/h7-10,14,17-18,20H,3-6,11-13H2,1-2H3. The van der Waals surface area contributed by atoms with Gasteiger partial charge < -0.3 is 10.4 Å². The van der Waals surface area contributed by atoms with Crippen LogP contribution in [0.2, 0.25) is 0 Å². The minimum absolute atomic E-state index is 0.349. The molecule has 112 valence electrons. The highest BCUT2D eigenvalue weighted by molar-refractivity contribution is 5.25. The van der Waals surface area contributed by atoms with Crippen LogP contribution in [0, 0.1) is 0 Å². The molecule has 0 aliphatic carbocycles. The van der Waals surface area contributed by atoms with Gasteiger partial charge in [-0.25, -0.2) is 0 Å². The van der Waals surface area contributed by atoms with Crippen molar-refractivity contribution < 1.29 is 5.11 Å². The first-order valence-corrected chi connectivity index (χ1v) is 7.96. The van der Waals surface area contributed by atoms with Crippen molar-refractivity contribution in [3.63, 3.8) is 0 Å². The van der Waals surface area contributed by atoms with Crippen molar-refractivity contribution in [2.24, 2.45) is 0 Å². The van der Waals surface area contributed by atoms with Crippen LogP contribution < -0.4 is 5.32 Å². The molecule has 2 unspecified atom stereocenters. The molecular weight excluding hydrogens is 248 g/mol. The van der Waals surface area contributed by atoms with Gasteiger partial charge in [-0.05, 0) is 57.0 Å². The van der Waals surface area contributed by atoms with E-state index in [0.29, 0.717) is 17.8 Å². The molecule has 0 radical (unpaired) electrons. The molecule has 2 atom stereocenters. The van der Waals surface area contributed by atoms with Gasteiger partial charge in [-0.2, -0.15) is 0 Å². The van der Waals surface area contributed by atoms with E-state index in [9.17, 15) is 5.11 Å². The van der Waals surface area contributed by atoms with Gasteiger partial charge in [0.25, 0.3) is 0 Å². The molecule has 20 heavy (non-hydrogen) atoms. The summed E-state index contributed by atoms with van der Waals surface area (Å²) < 4.78 is 0. The van der Waals surface area contributed by atoms with Gasteiger partial charge in [0, 0.05) is 18.6 Å². The lowest BCUT2D eigenvalue weighted by Gasteiger charge is -2.39. The summed E-state index contributed by atoms with van der Waals surface area (Å²) in [6, 6.07) is 8.81. The Morgan fingerprint density at radius 3 is 2.75 bits per heavy atom. The summed E-state index contributed by atoms with van der Waals surface area (Å²) in [6.45, 7) is 7.81. The van der Waals surface area contributed by atoms with Crippen molar-refractivity contribution >= 4 is 0 Å². The van der Waals surface area contributed by atoms with E-state index in [-0.39, 0.29) is 0 Å². The van der Waals surface area contributed by atoms with Crippen molar-refractivity contribution in [1.29, 1.82) is 0 Å². The fourth-order valence-electron chi connectivity index (χ4n) is 3.12. The van der Waals surface area contributed by atoms with Gasteiger partial charge in [-0.3, -0.25) is 4.90 Å². The number of nitrogens with one attached hydrogen (secondary N) is 1. The van der Waals surface area contributed by atoms with Crippen molar-refractivity contribution in [2.75, 3.05) is 13.1 Å². The first-order valence-electron chi connectivity index (χ1n) is 7.96. The predicted molar refractivity (Wildman–Crippen MR) is 83.9 cm³/mol. The van der Waals surface area contributed by atoms with E-state index in [1.54, 1.807) is 12.1 Å². The average molecular weight is 276 g/mol. The molecular formula is C17H28N2O. The Bertz CT molecular complexity index is 390. The van der Waals surface area contributed by atoms with Crippen LogP contribution in [0.4, 0.5) is 0 Å². The van der Waals surface area contributed by atoms with E-state index in [4.69, 9.17) is 0 Å². The maximum atomic E-state index is 9.38. The van der Waals surface area contributed by atoms with E-state index < -0.39 is 0 Å². The SMILES string of the molecule is CCCNC(C)C1CCCCN1Cc1ccc(O)cc1. The molecule has 1 aliphatic rings. The highest BCUT2D eigenvalue weighted by atomic mass is 16.3. The Labute approximate surface area is 123 Å². The van der Waals surface area contributed by atoms with Crippen LogP contribution in [0.3, 0.4) is 0 Å². The largest absolute Gasteiger partial charge is 0.508 e. The monoisotopic (exact) mass is 276 g/mol. The first-order chi connectivity index (χ1) is 9.70. The highest BCUT2D eigenvalue weighted by Crippen LogP contribution is 2.22. The van der Waals surface area contributed by atoms with Crippen molar-refractivity contribution in [3.05, 3.63) is 29.8 Å². The van der Waals surface area contributed by atoms with Gasteiger partial charge in [0.15, 0.2) is 0 Å². The minimum atomic E-state index is 0.349. The minimum Gasteiger partial charge on any atom is -0.508 e. The molecule has 1 saturated heterocycles. The van der Waals surface area contributed by atoms with Crippen LogP contribution in [0.1, 0.15) is 45.1 Å². The summed E-state index contributed by atoms with van der Waals surface area (Å²) in [5.41, 5.74) is 1.29. The van der Waals surface area contributed by atoms with Crippen LogP contribution in [-0.2, 0) is 6.54 Å². The Hall–Kier alpha value is -1.06. The number of benzene rings is 1. The lowest BCUT2D eigenvalue weighted by Crippen LogP contribution is -2.50. The second kappa shape index (κ2) is 7.65. The smallest absolute Gasteiger partial charge is 0.115 e. The zero-order chi connectivity index (χ0) is 14.4. The summed E-state index contributed by atoms with van der Waals surface area (Å²) in [5.74, 6) is 0.349. The van der Waals surface area contributed by atoms with E-state index in [0.717, 1.165) is 13.1 Å². The fraction of sp³-hybridized carbons (Fsp3) is 0.647. The van der Waals surface area contributed by atoms with Gasteiger partial charge in [0.05, 0.1) is 0 Å². The zero-order valence-corrected chi connectivity index (χ0v) is 12.8. The molecule has 1 heterocycles. The molecule has 1 aromatic rings. The second-order valence-corrected chi connectivity index (χ2v) is 5.94. The summed E-state index contributed by atoms with van der Waals surface area (Å²) in [4.78, 5) is 2.60. The van der Waals surface area contributed by atoms with Crippen LogP contribution in [-0.4, -0.2) is 35.2 Å². The van der Waals surface area contributed by atoms with E-state index in [2.05, 4.69) is 24.1 Å². The van der Waals surface area contributed by atoms with Gasteiger partial charge in [0.2, 0.25) is 0 Å². The van der Waals surface area contributed by atoms with Gasteiger partial charge >= 0.3 is 0 Å². The lowest BCUT2D eigenvalue weighted by molar-refractivity contribution is 0.112. The number of hydrogen-bond donors (Lipinski definition) is 2. The molecule has 0 spiro atoms. The van der Waals surface area contributed by atoms with Crippen LogP contribution in [0.5, 0.6) is 5.75 Å². The molecule has 0 amide bonds. The maximum absolute atomic E-state index is 9.38. The van der Waals surface area contributed by atoms with Crippen molar-refractivity contribution in [2.45, 2.75) is 58.2 Å². The summed E-state index contributed by atoms with van der Waals surface area (Å²) >= 11 is 0. The van der Waals surface area contributed by atoms with E-state index in [1.165, 1.54) is 37.8 Å². The molecule has 0 bridgehead atoms. The quantitative estimate of drug-likeness (QED) is 0.838. The van der Waals surface area contributed by atoms with Gasteiger partial charge in [-0.15, -0.1) is 0 Å². The number of phenolic OH excluding ortho intramolecular Hbond substituents is 1. The number of aromatic hydroxyl groups is 1. The first kappa shape index (κ1) is 15.3. The normalized spacial score (nSPS) is 21.8. The number of hydrogen-bond acceptors (Lipinski definition) is 3. The molecule has 2 N–H and O–H groups in total. The number of phenols is 1. The fourth-order valence-corrected chi connectivity index (χ4v) is 3.12. The molecule has 1 aromatic carbocycles. The molecule has 2 rings (SSSR count). The number of rotatable bonds is 6. The van der Waals surface area contributed by atoms with Gasteiger partial charge in [0.1, 0.15) is 5.75 Å². The maximum Gasteiger partial charge on any atom is 0.115 e. The Morgan fingerprint density at radius 2 is 2.05 bits per heavy atom. The Kier molecular flexibility index (Phi) is 5.86. The number of piperidine rings is 1.